The Balaban J connectivity index is 1.87. The largest absolute Gasteiger partial charge is 0.494 e. The van der Waals surface area contributed by atoms with Gasteiger partial charge in [0, 0.05) is 6.54 Å². The molecule has 0 saturated heterocycles. The van der Waals surface area contributed by atoms with E-state index >= 15 is 0 Å². The Morgan fingerprint density at radius 3 is 2.28 bits per heavy atom. The molecule has 0 aliphatic carbocycles. The number of nitrogens with one attached hydrogen (secondary N) is 1. The molecule has 0 heterocycles. The fourth-order valence-corrected chi connectivity index (χ4v) is 2.82. The van der Waals surface area contributed by atoms with Crippen molar-refractivity contribution in [2.45, 2.75) is 27.2 Å². The normalized spacial score (nSPS) is 11.4. The third-order valence-corrected chi connectivity index (χ3v) is 4.64. The van der Waals surface area contributed by atoms with Crippen LogP contribution in [0.3, 0.4) is 0 Å². The molecule has 1 atom stereocenters. The third-order valence-electron chi connectivity index (χ3n) is 4.64. The number of esters is 1. The highest BCUT2D eigenvalue weighted by atomic mass is 16.5. The molecule has 2 aromatic carbocycles. The standard InChI is InChI=1S/C23H29NO5/c1-5-28-20-10-7-18(8-11-20)13-19(23(26)27-4)14-24-22(25)15-29-21-9-6-16(2)17(3)12-21/h6-12,19H,5,13-15H2,1-4H3,(H,24,25)/t19-/m0/s1. The number of carbonyl (C=O) groups excluding carboxylic acids is 2. The number of benzene rings is 2. The molecule has 156 valence electrons. The van der Waals surface area contributed by atoms with Gasteiger partial charge in [-0.3, -0.25) is 9.59 Å². The number of rotatable bonds is 10. The fourth-order valence-electron chi connectivity index (χ4n) is 2.82. The summed E-state index contributed by atoms with van der Waals surface area (Å²) in [4.78, 5) is 24.3. The summed E-state index contributed by atoms with van der Waals surface area (Å²) >= 11 is 0. The average Bonchev–Trinajstić information content (AvgIpc) is 2.72. The van der Waals surface area contributed by atoms with Crippen LogP contribution in [0.25, 0.3) is 0 Å². The van der Waals surface area contributed by atoms with Gasteiger partial charge in [0.1, 0.15) is 11.5 Å². The minimum Gasteiger partial charge on any atom is -0.494 e. The van der Waals surface area contributed by atoms with Gasteiger partial charge >= 0.3 is 5.97 Å². The lowest BCUT2D eigenvalue weighted by atomic mass is 9.99. The minimum atomic E-state index is -0.483. The second kappa shape index (κ2) is 11.1. The van der Waals surface area contributed by atoms with Crippen molar-refractivity contribution in [3.8, 4) is 11.5 Å². The van der Waals surface area contributed by atoms with Gasteiger partial charge in [0.2, 0.25) is 0 Å². The number of carbonyl (C=O) groups is 2. The summed E-state index contributed by atoms with van der Waals surface area (Å²) in [5.74, 6) is 0.284. The van der Waals surface area contributed by atoms with Gasteiger partial charge in [-0.2, -0.15) is 0 Å². The van der Waals surface area contributed by atoms with Gasteiger partial charge in [0.25, 0.3) is 5.91 Å². The van der Waals surface area contributed by atoms with E-state index in [4.69, 9.17) is 14.2 Å². The quantitative estimate of drug-likeness (QED) is 0.621. The Labute approximate surface area is 172 Å². The maximum absolute atomic E-state index is 12.1. The Kier molecular flexibility index (Phi) is 8.52. The van der Waals surface area contributed by atoms with Crippen LogP contribution in [-0.2, 0) is 20.7 Å². The van der Waals surface area contributed by atoms with E-state index < -0.39 is 5.92 Å². The first kappa shape index (κ1) is 22.3. The van der Waals surface area contributed by atoms with E-state index in [0.717, 1.165) is 22.4 Å². The summed E-state index contributed by atoms with van der Waals surface area (Å²) in [5.41, 5.74) is 3.23. The Hall–Kier alpha value is -3.02. The first-order chi connectivity index (χ1) is 13.9. The number of methoxy groups -OCH3 is 1. The van der Waals surface area contributed by atoms with Gasteiger partial charge in [-0.1, -0.05) is 18.2 Å². The molecule has 0 aliphatic rings. The van der Waals surface area contributed by atoms with Gasteiger partial charge < -0.3 is 19.5 Å². The zero-order chi connectivity index (χ0) is 21.2. The molecule has 0 aromatic heterocycles. The van der Waals surface area contributed by atoms with Gasteiger partial charge in [-0.05, 0) is 68.1 Å². The average molecular weight is 399 g/mol. The van der Waals surface area contributed by atoms with Crippen LogP contribution in [0.2, 0.25) is 0 Å². The van der Waals surface area contributed by atoms with Crippen LogP contribution in [0, 0.1) is 19.8 Å². The molecule has 6 heteroatoms. The Morgan fingerprint density at radius 2 is 1.66 bits per heavy atom. The van der Waals surface area contributed by atoms with E-state index in [-0.39, 0.29) is 25.0 Å². The molecule has 6 nitrogen and oxygen atoms in total. The lowest BCUT2D eigenvalue weighted by Gasteiger charge is -2.16. The fraction of sp³-hybridized carbons (Fsp3) is 0.391. The zero-order valence-electron chi connectivity index (χ0n) is 17.5. The van der Waals surface area contributed by atoms with Crippen LogP contribution in [0.1, 0.15) is 23.6 Å². The zero-order valence-corrected chi connectivity index (χ0v) is 17.5. The van der Waals surface area contributed by atoms with Crippen molar-refractivity contribution in [3.05, 3.63) is 59.2 Å². The van der Waals surface area contributed by atoms with Crippen molar-refractivity contribution in [2.24, 2.45) is 5.92 Å². The summed E-state index contributed by atoms with van der Waals surface area (Å²) in [6, 6.07) is 13.2. The van der Waals surface area contributed by atoms with Crippen LogP contribution >= 0.6 is 0 Å². The van der Waals surface area contributed by atoms with Crippen molar-refractivity contribution in [2.75, 3.05) is 26.9 Å². The summed E-state index contributed by atoms with van der Waals surface area (Å²) in [6.45, 7) is 6.59. The smallest absolute Gasteiger partial charge is 0.310 e. The predicted molar refractivity (Wildman–Crippen MR) is 111 cm³/mol. The van der Waals surface area contributed by atoms with E-state index in [1.54, 1.807) is 0 Å². The molecule has 0 fully saturated rings. The van der Waals surface area contributed by atoms with Gasteiger partial charge in [0.05, 0.1) is 19.6 Å². The topological polar surface area (TPSA) is 73.9 Å². The molecule has 0 aliphatic heterocycles. The number of hydrogen-bond donors (Lipinski definition) is 1. The summed E-state index contributed by atoms with van der Waals surface area (Å²) in [7, 11) is 1.35. The first-order valence-corrected chi connectivity index (χ1v) is 9.69. The molecule has 29 heavy (non-hydrogen) atoms. The van der Waals surface area contributed by atoms with Crippen molar-refractivity contribution >= 4 is 11.9 Å². The lowest BCUT2D eigenvalue weighted by molar-refractivity contribution is -0.145. The molecule has 0 spiro atoms. The maximum Gasteiger partial charge on any atom is 0.310 e. The number of ether oxygens (including phenoxy) is 3. The molecule has 1 amide bonds. The third kappa shape index (κ3) is 7.14. The second-order valence-electron chi connectivity index (χ2n) is 6.84. The molecule has 0 saturated carbocycles. The van der Waals surface area contributed by atoms with Gasteiger partial charge in [-0.25, -0.2) is 0 Å². The van der Waals surface area contributed by atoms with E-state index in [0.29, 0.717) is 18.8 Å². The first-order valence-electron chi connectivity index (χ1n) is 9.69. The molecule has 2 aromatic rings. The highest BCUT2D eigenvalue weighted by molar-refractivity contribution is 5.79. The SMILES string of the molecule is CCOc1ccc(C[C@@H](CNC(=O)COc2ccc(C)c(C)c2)C(=O)OC)cc1. The Bertz CT molecular complexity index is 817. The van der Waals surface area contributed by atoms with E-state index in [2.05, 4.69) is 5.32 Å². The monoisotopic (exact) mass is 399 g/mol. The molecular formula is C23H29NO5. The van der Waals surface area contributed by atoms with Crippen LogP contribution < -0.4 is 14.8 Å². The molecule has 0 radical (unpaired) electrons. The van der Waals surface area contributed by atoms with Crippen molar-refractivity contribution < 1.29 is 23.8 Å². The minimum absolute atomic E-state index is 0.112. The molecular weight excluding hydrogens is 370 g/mol. The summed E-state index contributed by atoms with van der Waals surface area (Å²) in [6.07, 6.45) is 0.456. The second-order valence-corrected chi connectivity index (χ2v) is 6.84. The van der Waals surface area contributed by atoms with E-state index in [9.17, 15) is 9.59 Å². The van der Waals surface area contributed by atoms with Crippen molar-refractivity contribution in [1.29, 1.82) is 0 Å². The molecule has 0 unspecified atom stereocenters. The van der Waals surface area contributed by atoms with Crippen molar-refractivity contribution in [3.63, 3.8) is 0 Å². The highest BCUT2D eigenvalue weighted by Gasteiger charge is 2.21. The summed E-state index contributed by atoms with van der Waals surface area (Å²) in [5, 5.41) is 2.76. The summed E-state index contributed by atoms with van der Waals surface area (Å²) < 4.78 is 15.8. The van der Waals surface area contributed by atoms with Crippen LogP contribution in [0.4, 0.5) is 0 Å². The van der Waals surface area contributed by atoms with Gasteiger partial charge in [0.15, 0.2) is 6.61 Å². The predicted octanol–water partition coefficient (Wildman–Crippen LogP) is 3.23. The van der Waals surface area contributed by atoms with E-state index in [1.807, 2.05) is 63.2 Å². The van der Waals surface area contributed by atoms with E-state index in [1.165, 1.54) is 7.11 Å². The molecule has 0 bridgehead atoms. The van der Waals surface area contributed by atoms with Crippen LogP contribution in [0.5, 0.6) is 11.5 Å². The lowest BCUT2D eigenvalue weighted by Crippen LogP contribution is -2.37. The number of aryl methyl sites for hydroxylation is 2. The van der Waals surface area contributed by atoms with Crippen LogP contribution in [-0.4, -0.2) is 38.7 Å². The number of amides is 1. The van der Waals surface area contributed by atoms with Gasteiger partial charge in [-0.15, -0.1) is 0 Å². The molecule has 2 rings (SSSR count). The Morgan fingerprint density at radius 1 is 0.966 bits per heavy atom. The maximum atomic E-state index is 12.1. The number of hydrogen-bond acceptors (Lipinski definition) is 5. The highest BCUT2D eigenvalue weighted by Crippen LogP contribution is 2.17. The molecule has 1 N–H and O–H groups in total. The van der Waals surface area contributed by atoms with Crippen molar-refractivity contribution in [1.82, 2.24) is 5.32 Å². The van der Waals surface area contributed by atoms with Crippen LogP contribution in [0.15, 0.2) is 42.5 Å².